The lowest BCUT2D eigenvalue weighted by molar-refractivity contribution is 0.0709. The van der Waals surface area contributed by atoms with Crippen molar-refractivity contribution >= 4 is 17.2 Å². The van der Waals surface area contributed by atoms with Crippen molar-refractivity contribution in [1.29, 1.82) is 0 Å². The van der Waals surface area contributed by atoms with Crippen LogP contribution in [0.25, 0.3) is 0 Å². The van der Waals surface area contributed by atoms with Crippen LogP contribution in [0.1, 0.15) is 34.6 Å². The van der Waals surface area contributed by atoms with Crippen molar-refractivity contribution in [3.8, 4) is 0 Å². The second-order valence-corrected chi connectivity index (χ2v) is 7.96. The van der Waals surface area contributed by atoms with E-state index in [2.05, 4.69) is 32.4 Å². The van der Waals surface area contributed by atoms with E-state index in [9.17, 15) is 4.79 Å². The van der Waals surface area contributed by atoms with Gasteiger partial charge in [0.2, 0.25) is 0 Å². The molecule has 0 bridgehead atoms. The smallest absolute Gasteiger partial charge is 0.274 e. The van der Waals surface area contributed by atoms with Gasteiger partial charge in [-0.05, 0) is 49.2 Å². The Balaban J connectivity index is 1.34. The van der Waals surface area contributed by atoms with Crippen LogP contribution in [0.3, 0.4) is 0 Å². The van der Waals surface area contributed by atoms with Crippen LogP contribution in [0, 0.1) is 5.41 Å². The molecule has 6 heteroatoms. The van der Waals surface area contributed by atoms with E-state index < -0.39 is 0 Å². The summed E-state index contributed by atoms with van der Waals surface area (Å²) in [5, 5.41) is 2.15. The Labute approximate surface area is 146 Å². The van der Waals surface area contributed by atoms with E-state index >= 15 is 0 Å². The Bertz CT molecular complexity index is 680. The van der Waals surface area contributed by atoms with E-state index in [0.717, 1.165) is 39.1 Å². The number of hydrogen-bond donors (Lipinski definition) is 0. The van der Waals surface area contributed by atoms with E-state index in [1.807, 2.05) is 16.2 Å². The first-order valence-electron chi connectivity index (χ1n) is 8.54. The van der Waals surface area contributed by atoms with Crippen LogP contribution in [-0.4, -0.2) is 51.9 Å². The number of carbonyl (C=O) groups is 1. The summed E-state index contributed by atoms with van der Waals surface area (Å²) in [7, 11) is 0. The SMILES string of the molecule is O=C(c1cnccn1)N1CCC2(CCN(Cc3cccs3)CC2)C1. The van der Waals surface area contributed by atoms with Gasteiger partial charge in [0.05, 0.1) is 6.20 Å². The maximum Gasteiger partial charge on any atom is 0.274 e. The molecule has 126 valence electrons. The summed E-state index contributed by atoms with van der Waals surface area (Å²) in [6, 6.07) is 4.34. The molecule has 2 aliphatic heterocycles. The summed E-state index contributed by atoms with van der Waals surface area (Å²) < 4.78 is 0. The number of aromatic nitrogens is 2. The van der Waals surface area contributed by atoms with Crippen molar-refractivity contribution < 1.29 is 4.79 Å². The molecular weight excluding hydrogens is 320 g/mol. The summed E-state index contributed by atoms with van der Waals surface area (Å²) in [6.45, 7) is 5.04. The molecule has 4 heterocycles. The zero-order valence-corrected chi connectivity index (χ0v) is 14.5. The number of hydrogen-bond acceptors (Lipinski definition) is 5. The van der Waals surface area contributed by atoms with Gasteiger partial charge in [0.25, 0.3) is 5.91 Å². The second-order valence-electron chi connectivity index (χ2n) is 6.92. The Morgan fingerprint density at radius 2 is 2.04 bits per heavy atom. The zero-order valence-electron chi connectivity index (χ0n) is 13.7. The van der Waals surface area contributed by atoms with Crippen LogP contribution in [0.2, 0.25) is 0 Å². The van der Waals surface area contributed by atoms with Gasteiger partial charge in [0.1, 0.15) is 5.69 Å². The summed E-state index contributed by atoms with van der Waals surface area (Å²) in [6.07, 6.45) is 8.24. The first-order chi connectivity index (χ1) is 11.7. The van der Waals surface area contributed by atoms with Crippen LogP contribution in [0.15, 0.2) is 36.1 Å². The first-order valence-corrected chi connectivity index (χ1v) is 9.42. The molecule has 24 heavy (non-hydrogen) atoms. The zero-order chi connectivity index (χ0) is 16.4. The largest absolute Gasteiger partial charge is 0.337 e. The van der Waals surface area contributed by atoms with Gasteiger partial charge < -0.3 is 4.90 Å². The number of amides is 1. The highest BCUT2D eigenvalue weighted by Gasteiger charge is 2.42. The van der Waals surface area contributed by atoms with E-state index in [4.69, 9.17) is 0 Å². The quantitative estimate of drug-likeness (QED) is 0.860. The van der Waals surface area contributed by atoms with Gasteiger partial charge in [0, 0.05) is 36.9 Å². The molecule has 0 atom stereocenters. The summed E-state index contributed by atoms with van der Waals surface area (Å²) >= 11 is 1.83. The van der Waals surface area contributed by atoms with Crippen molar-refractivity contribution in [3.05, 3.63) is 46.7 Å². The molecule has 2 aliphatic rings. The maximum absolute atomic E-state index is 12.6. The number of thiophene rings is 1. The highest BCUT2D eigenvalue weighted by molar-refractivity contribution is 7.09. The van der Waals surface area contributed by atoms with Crippen LogP contribution in [-0.2, 0) is 6.54 Å². The van der Waals surface area contributed by atoms with Gasteiger partial charge in [-0.2, -0.15) is 0 Å². The summed E-state index contributed by atoms with van der Waals surface area (Å²) in [5.41, 5.74) is 0.772. The average Bonchev–Trinajstić information content (AvgIpc) is 3.28. The van der Waals surface area contributed by atoms with Crippen molar-refractivity contribution in [2.24, 2.45) is 5.41 Å². The normalized spacial score (nSPS) is 20.6. The molecule has 0 unspecified atom stereocenters. The molecule has 0 saturated carbocycles. The number of carbonyl (C=O) groups excluding carboxylic acids is 1. The third kappa shape index (κ3) is 3.21. The fourth-order valence-electron chi connectivity index (χ4n) is 3.90. The molecule has 4 rings (SSSR count). The Morgan fingerprint density at radius 3 is 2.75 bits per heavy atom. The highest BCUT2D eigenvalue weighted by atomic mass is 32.1. The number of nitrogens with zero attached hydrogens (tertiary/aromatic N) is 4. The predicted molar refractivity (Wildman–Crippen MR) is 93.8 cm³/mol. The number of likely N-dealkylation sites (tertiary alicyclic amines) is 2. The topological polar surface area (TPSA) is 49.3 Å². The monoisotopic (exact) mass is 342 g/mol. The minimum atomic E-state index is 0.0287. The fraction of sp³-hybridized carbons (Fsp3) is 0.500. The lowest BCUT2D eigenvalue weighted by Crippen LogP contribution is -2.41. The van der Waals surface area contributed by atoms with E-state index in [1.54, 1.807) is 18.6 Å². The first kappa shape index (κ1) is 15.7. The summed E-state index contributed by atoms with van der Waals surface area (Å²) in [5.74, 6) is 0.0287. The molecule has 2 saturated heterocycles. The summed E-state index contributed by atoms with van der Waals surface area (Å²) in [4.78, 5) is 26.7. The van der Waals surface area contributed by atoms with Gasteiger partial charge >= 0.3 is 0 Å². The molecule has 2 aromatic heterocycles. The van der Waals surface area contributed by atoms with Gasteiger partial charge in [0.15, 0.2) is 0 Å². The second kappa shape index (κ2) is 6.61. The standard InChI is InChI=1S/C18H22N4OS/c23-17(16-12-19-6-7-20-16)22-10-5-18(14-22)3-8-21(9-4-18)13-15-2-1-11-24-15/h1-2,6-7,11-12H,3-5,8-10,13-14H2. The van der Waals surface area contributed by atoms with Crippen molar-refractivity contribution in [2.45, 2.75) is 25.8 Å². The Hall–Kier alpha value is -1.79. The van der Waals surface area contributed by atoms with Crippen molar-refractivity contribution in [2.75, 3.05) is 26.2 Å². The van der Waals surface area contributed by atoms with Crippen LogP contribution in [0.5, 0.6) is 0 Å². The molecule has 1 spiro atoms. The number of piperidine rings is 1. The minimum absolute atomic E-state index is 0.0287. The van der Waals surface area contributed by atoms with Crippen molar-refractivity contribution in [3.63, 3.8) is 0 Å². The van der Waals surface area contributed by atoms with Crippen LogP contribution < -0.4 is 0 Å². The van der Waals surface area contributed by atoms with Gasteiger partial charge in [-0.1, -0.05) is 6.07 Å². The van der Waals surface area contributed by atoms with E-state index in [0.29, 0.717) is 11.1 Å². The average molecular weight is 342 g/mol. The molecular formula is C18H22N4OS. The molecule has 0 aromatic carbocycles. The van der Waals surface area contributed by atoms with Crippen LogP contribution >= 0.6 is 11.3 Å². The highest BCUT2D eigenvalue weighted by Crippen LogP contribution is 2.41. The van der Waals surface area contributed by atoms with Crippen molar-refractivity contribution in [1.82, 2.24) is 19.8 Å². The minimum Gasteiger partial charge on any atom is -0.337 e. The molecule has 2 fully saturated rings. The Kier molecular flexibility index (Phi) is 4.33. The van der Waals surface area contributed by atoms with Gasteiger partial charge in [-0.15, -0.1) is 11.3 Å². The Morgan fingerprint density at radius 1 is 1.21 bits per heavy atom. The molecule has 1 amide bonds. The fourth-order valence-corrected chi connectivity index (χ4v) is 4.64. The van der Waals surface area contributed by atoms with Gasteiger partial charge in [-0.25, -0.2) is 4.98 Å². The van der Waals surface area contributed by atoms with E-state index in [-0.39, 0.29) is 5.91 Å². The van der Waals surface area contributed by atoms with E-state index in [1.165, 1.54) is 17.7 Å². The third-order valence-electron chi connectivity index (χ3n) is 5.38. The van der Waals surface area contributed by atoms with Crippen LogP contribution in [0.4, 0.5) is 0 Å². The maximum atomic E-state index is 12.6. The molecule has 5 nitrogen and oxygen atoms in total. The lowest BCUT2D eigenvalue weighted by atomic mass is 9.78. The predicted octanol–water partition coefficient (Wildman–Crippen LogP) is 2.67. The lowest BCUT2D eigenvalue weighted by Gasteiger charge is -2.39. The molecule has 0 radical (unpaired) electrons. The number of rotatable bonds is 3. The van der Waals surface area contributed by atoms with Gasteiger partial charge in [-0.3, -0.25) is 14.7 Å². The molecule has 0 aliphatic carbocycles. The third-order valence-corrected chi connectivity index (χ3v) is 6.25. The molecule has 0 N–H and O–H groups in total. The molecule has 2 aromatic rings.